The van der Waals surface area contributed by atoms with Gasteiger partial charge >= 0.3 is 0 Å². The molecule has 0 amide bonds. The van der Waals surface area contributed by atoms with E-state index in [1.54, 1.807) is 6.92 Å². The summed E-state index contributed by atoms with van der Waals surface area (Å²) in [6.07, 6.45) is 1.21. The van der Waals surface area contributed by atoms with E-state index in [-0.39, 0.29) is 5.56 Å². The minimum atomic E-state index is -0.0986. The highest BCUT2D eigenvalue weighted by Crippen LogP contribution is 2.14. The van der Waals surface area contributed by atoms with Crippen LogP contribution in [0.1, 0.15) is 12.2 Å². The van der Waals surface area contributed by atoms with E-state index in [0.717, 1.165) is 19.6 Å². The van der Waals surface area contributed by atoms with Gasteiger partial charge in [0.25, 0.3) is 5.56 Å². The summed E-state index contributed by atoms with van der Waals surface area (Å²) in [7, 11) is 2.13. The maximum atomic E-state index is 11.2. The fourth-order valence-corrected chi connectivity index (χ4v) is 2.11. The van der Waals surface area contributed by atoms with E-state index >= 15 is 0 Å². The van der Waals surface area contributed by atoms with Gasteiger partial charge in [-0.05, 0) is 32.9 Å². The lowest BCUT2D eigenvalue weighted by molar-refractivity contribution is 0.399. The van der Waals surface area contributed by atoms with Gasteiger partial charge < -0.3 is 15.2 Å². The van der Waals surface area contributed by atoms with Crippen molar-refractivity contribution in [3.05, 3.63) is 22.2 Å². The zero-order chi connectivity index (χ0) is 11.5. The Morgan fingerprint density at radius 3 is 3.12 bits per heavy atom. The number of anilines is 1. The molecule has 1 atom stereocenters. The molecule has 1 fully saturated rings. The van der Waals surface area contributed by atoms with Gasteiger partial charge in [-0.1, -0.05) is 0 Å². The molecule has 0 spiro atoms. The number of H-pyrrole nitrogens is 1. The highest BCUT2D eigenvalue weighted by Gasteiger charge is 2.18. The first-order chi connectivity index (χ1) is 7.63. The molecule has 5 heteroatoms. The van der Waals surface area contributed by atoms with Crippen LogP contribution in [0, 0.1) is 12.8 Å². The molecule has 1 aromatic rings. The minimum Gasteiger partial charge on any atom is -0.370 e. The molecule has 16 heavy (non-hydrogen) atoms. The predicted octanol–water partition coefficient (Wildman–Crippen LogP) is 0.442. The standard InChI is InChI=1S/C11H18N4O/c1-8-13-10(5-11(16)14-8)12-6-9-3-4-15(2)7-9/h5,9H,3-4,6-7H2,1-2H3,(H2,12,13,14,16). The molecule has 0 bridgehead atoms. The monoisotopic (exact) mass is 222 g/mol. The van der Waals surface area contributed by atoms with E-state index in [2.05, 4.69) is 27.2 Å². The van der Waals surface area contributed by atoms with Crippen LogP contribution in [0.3, 0.4) is 0 Å². The third kappa shape index (κ3) is 2.82. The highest BCUT2D eigenvalue weighted by molar-refractivity contribution is 5.32. The number of aromatic nitrogens is 2. The van der Waals surface area contributed by atoms with Gasteiger partial charge in [0.05, 0.1) is 0 Å². The third-order valence-electron chi connectivity index (χ3n) is 2.92. The summed E-state index contributed by atoms with van der Waals surface area (Å²) in [6, 6.07) is 1.51. The van der Waals surface area contributed by atoms with Crippen LogP contribution in [0.5, 0.6) is 0 Å². The van der Waals surface area contributed by atoms with Crippen molar-refractivity contribution in [2.75, 3.05) is 32.0 Å². The Labute approximate surface area is 94.9 Å². The molecule has 88 valence electrons. The van der Waals surface area contributed by atoms with E-state index < -0.39 is 0 Å². The number of hydrogen-bond donors (Lipinski definition) is 2. The summed E-state index contributed by atoms with van der Waals surface area (Å²) in [5.41, 5.74) is -0.0986. The summed E-state index contributed by atoms with van der Waals surface area (Å²) in [5, 5.41) is 3.23. The van der Waals surface area contributed by atoms with Crippen molar-refractivity contribution in [1.82, 2.24) is 14.9 Å². The van der Waals surface area contributed by atoms with Crippen LogP contribution in [-0.2, 0) is 0 Å². The molecular formula is C11H18N4O. The predicted molar refractivity (Wildman–Crippen MR) is 63.7 cm³/mol. The van der Waals surface area contributed by atoms with Gasteiger partial charge in [0.2, 0.25) is 0 Å². The zero-order valence-corrected chi connectivity index (χ0v) is 9.79. The van der Waals surface area contributed by atoms with E-state index in [1.165, 1.54) is 12.5 Å². The lowest BCUT2D eigenvalue weighted by Crippen LogP contribution is -2.20. The van der Waals surface area contributed by atoms with Crippen LogP contribution < -0.4 is 10.9 Å². The van der Waals surface area contributed by atoms with Crippen LogP contribution in [0.2, 0.25) is 0 Å². The summed E-state index contributed by atoms with van der Waals surface area (Å²) in [6.45, 7) is 4.96. The number of aryl methyl sites for hydroxylation is 1. The SMILES string of the molecule is Cc1nc(NCC2CCN(C)C2)cc(=O)[nH]1. The summed E-state index contributed by atoms with van der Waals surface area (Å²) >= 11 is 0. The average Bonchev–Trinajstić information content (AvgIpc) is 2.60. The molecule has 1 aliphatic heterocycles. The van der Waals surface area contributed by atoms with Crippen LogP contribution in [0.15, 0.2) is 10.9 Å². The Bertz CT molecular complexity index is 415. The zero-order valence-electron chi connectivity index (χ0n) is 9.79. The fourth-order valence-electron chi connectivity index (χ4n) is 2.11. The van der Waals surface area contributed by atoms with Crippen molar-refractivity contribution < 1.29 is 0 Å². The average molecular weight is 222 g/mol. The second-order valence-corrected chi connectivity index (χ2v) is 4.51. The maximum Gasteiger partial charge on any atom is 0.252 e. The van der Waals surface area contributed by atoms with Crippen LogP contribution in [-0.4, -0.2) is 41.5 Å². The molecule has 1 aromatic heterocycles. The second-order valence-electron chi connectivity index (χ2n) is 4.51. The van der Waals surface area contributed by atoms with E-state index in [9.17, 15) is 4.79 Å². The topological polar surface area (TPSA) is 61.0 Å². The Hall–Kier alpha value is -1.36. The van der Waals surface area contributed by atoms with Crippen molar-refractivity contribution in [2.45, 2.75) is 13.3 Å². The minimum absolute atomic E-state index is 0.0986. The summed E-state index contributed by atoms with van der Waals surface area (Å²) in [5.74, 6) is 1.99. The number of likely N-dealkylation sites (tertiary alicyclic amines) is 1. The number of nitrogens with zero attached hydrogens (tertiary/aromatic N) is 2. The van der Waals surface area contributed by atoms with Crippen molar-refractivity contribution in [1.29, 1.82) is 0 Å². The van der Waals surface area contributed by atoms with Gasteiger partial charge in [-0.2, -0.15) is 0 Å². The van der Waals surface area contributed by atoms with Gasteiger partial charge in [0, 0.05) is 19.2 Å². The van der Waals surface area contributed by atoms with Crippen molar-refractivity contribution in [3.63, 3.8) is 0 Å². The first kappa shape index (κ1) is 11.1. The molecule has 5 nitrogen and oxygen atoms in total. The van der Waals surface area contributed by atoms with Crippen LogP contribution >= 0.6 is 0 Å². The van der Waals surface area contributed by atoms with Gasteiger partial charge in [0.1, 0.15) is 11.6 Å². The summed E-state index contributed by atoms with van der Waals surface area (Å²) < 4.78 is 0. The van der Waals surface area contributed by atoms with Gasteiger partial charge in [-0.3, -0.25) is 4.79 Å². The lowest BCUT2D eigenvalue weighted by Gasteiger charge is -2.12. The van der Waals surface area contributed by atoms with Crippen LogP contribution in [0.4, 0.5) is 5.82 Å². The van der Waals surface area contributed by atoms with Crippen molar-refractivity contribution >= 4 is 5.82 Å². The van der Waals surface area contributed by atoms with Gasteiger partial charge in [-0.15, -0.1) is 0 Å². The highest BCUT2D eigenvalue weighted by atomic mass is 16.1. The van der Waals surface area contributed by atoms with Crippen LogP contribution in [0.25, 0.3) is 0 Å². The first-order valence-corrected chi connectivity index (χ1v) is 5.64. The smallest absolute Gasteiger partial charge is 0.252 e. The molecule has 1 saturated heterocycles. The molecule has 2 heterocycles. The number of nitrogens with one attached hydrogen (secondary N) is 2. The molecule has 2 N–H and O–H groups in total. The first-order valence-electron chi connectivity index (χ1n) is 5.64. The third-order valence-corrected chi connectivity index (χ3v) is 2.92. The van der Waals surface area contributed by atoms with Crippen molar-refractivity contribution in [3.8, 4) is 0 Å². The largest absolute Gasteiger partial charge is 0.370 e. The Morgan fingerprint density at radius 1 is 1.69 bits per heavy atom. The summed E-state index contributed by atoms with van der Waals surface area (Å²) in [4.78, 5) is 20.4. The number of rotatable bonds is 3. The lowest BCUT2D eigenvalue weighted by atomic mass is 10.1. The Balaban J connectivity index is 1.92. The van der Waals surface area contributed by atoms with E-state index in [1.807, 2.05) is 0 Å². The molecule has 1 unspecified atom stereocenters. The molecule has 0 aromatic carbocycles. The van der Waals surface area contributed by atoms with E-state index in [4.69, 9.17) is 0 Å². The molecule has 0 aliphatic carbocycles. The van der Waals surface area contributed by atoms with Gasteiger partial charge in [-0.25, -0.2) is 4.98 Å². The quantitative estimate of drug-likeness (QED) is 0.779. The Morgan fingerprint density at radius 2 is 2.50 bits per heavy atom. The number of aromatic amines is 1. The fraction of sp³-hybridized carbons (Fsp3) is 0.636. The normalized spacial score (nSPS) is 21.2. The second kappa shape index (κ2) is 4.65. The van der Waals surface area contributed by atoms with E-state index in [0.29, 0.717) is 17.6 Å². The van der Waals surface area contributed by atoms with Gasteiger partial charge in [0.15, 0.2) is 0 Å². The molecule has 1 aliphatic rings. The maximum absolute atomic E-state index is 11.2. The molecule has 2 rings (SSSR count). The number of hydrogen-bond acceptors (Lipinski definition) is 4. The molecule has 0 saturated carbocycles. The Kier molecular flexibility index (Phi) is 3.24. The molecular weight excluding hydrogens is 204 g/mol. The van der Waals surface area contributed by atoms with Crippen molar-refractivity contribution in [2.24, 2.45) is 5.92 Å². The molecule has 0 radical (unpaired) electrons.